The standard InChI is InChI=1S/C23H31N3O3.HI/c1-18-7-9-20(10-8-18)29-21-6-4-3-5-19(21)15-25-22(24-2)26-16-23(11-13-27)12-14-28-17-23;/h3-10,27H,11-17H2,1-2H3,(H2,24,25,26);1H. The largest absolute Gasteiger partial charge is 0.457 e. The van der Waals surface area contributed by atoms with Crippen molar-refractivity contribution in [1.82, 2.24) is 10.6 Å². The zero-order valence-corrected chi connectivity index (χ0v) is 20.0. The van der Waals surface area contributed by atoms with Crippen LogP contribution in [0.25, 0.3) is 0 Å². The molecular formula is C23H32IN3O3. The second kappa shape index (κ2) is 12.1. The van der Waals surface area contributed by atoms with E-state index in [1.54, 1.807) is 7.05 Å². The van der Waals surface area contributed by atoms with Crippen molar-refractivity contribution in [3.63, 3.8) is 0 Å². The molecule has 164 valence electrons. The molecule has 3 N–H and O–H groups in total. The minimum atomic E-state index is -0.0289. The number of aryl methyl sites for hydroxylation is 1. The highest BCUT2D eigenvalue weighted by atomic mass is 127. The summed E-state index contributed by atoms with van der Waals surface area (Å²) in [5, 5.41) is 16.1. The van der Waals surface area contributed by atoms with Gasteiger partial charge >= 0.3 is 0 Å². The number of para-hydroxylation sites is 1. The molecule has 6 nitrogen and oxygen atoms in total. The third-order valence-electron chi connectivity index (χ3n) is 5.35. The molecule has 0 amide bonds. The van der Waals surface area contributed by atoms with Gasteiger partial charge in [0.2, 0.25) is 0 Å². The Morgan fingerprint density at radius 2 is 1.93 bits per heavy atom. The maximum absolute atomic E-state index is 9.39. The summed E-state index contributed by atoms with van der Waals surface area (Å²) in [4.78, 5) is 4.33. The van der Waals surface area contributed by atoms with E-state index in [2.05, 4.69) is 22.5 Å². The van der Waals surface area contributed by atoms with Crippen molar-refractivity contribution in [3.05, 3.63) is 59.7 Å². The second-order valence-electron chi connectivity index (χ2n) is 7.58. The summed E-state index contributed by atoms with van der Waals surface area (Å²) in [6.07, 6.45) is 1.68. The Bertz CT molecular complexity index is 806. The molecule has 1 unspecified atom stereocenters. The molecule has 1 aliphatic rings. The fourth-order valence-corrected chi connectivity index (χ4v) is 3.47. The maximum Gasteiger partial charge on any atom is 0.191 e. The number of benzene rings is 2. The molecule has 0 saturated carbocycles. The number of hydrogen-bond acceptors (Lipinski definition) is 4. The fourth-order valence-electron chi connectivity index (χ4n) is 3.47. The summed E-state index contributed by atoms with van der Waals surface area (Å²) >= 11 is 0. The van der Waals surface area contributed by atoms with Crippen LogP contribution in [0.15, 0.2) is 53.5 Å². The second-order valence-corrected chi connectivity index (χ2v) is 7.58. The predicted molar refractivity (Wildman–Crippen MR) is 131 cm³/mol. The number of aliphatic imine (C=N–C) groups is 1. The van der Waals surface area contributed by atoms with E-state index in [1.165, 1.54) is 5.56 Å². The van der Waals surface area contributed by atoms with Crippen LogP contribution in [-0.2, 0) is 11.3 Å². The topological polar surface area (TPSA) is 75.1 Å². The molecule has 2 aromatic carbocycles. The first-order valence-corrected chi connectivity index (χ1v) is 10.1. The fraction of sp³-hybridized carbons (Fsp3) is 0.435. The first-order valence-electron chi connectivity index (χ1n) is 10.1. The molecule has 1 fully saturated rings. The van der Waals surface area contributed by atoms with Gasteiger partial charge < -0.3 is 25.2 Å². The quantitative estimate of drug-likeness (QED) is 0.277. The summed E-state index contributed by atoms with van der Waals surface area (Å²) in [6, 6.07) is 16.0. The molecule has 0 spiro atoms. The molecule has 3 rings (SSSR count). The highest BCUT2D eigenvalue weighted by molar-refractivity contribution is 14.0. The number of aliphatic hydroxyl groups excluding tert-OH is 1. The van der Waals surface area contributed by atoms with E-state index in [0.717, 1.165) is 49.0 Å². The number of nitrogens with zero attached hydrogens (tertiary/aromatic N) is 1. The third kappa shape index (κ3) is 6.85. The van der Waals surface area contributed by atoms with Crippen molar-refractivity contribution in [3.8, 4) is 11.5 Å². The third-order valence-corrected chi connectivity index (χ3v) is 5.35. The normalized spacial score (nSPS) is 18.6. The molecule has 1 aliphatic heterocycles. The van der Waals surface area contributed by atoms with Crippen LogP contribution < -0.4 is 15.4 Å². The van der Waals surface area contributed by atoms with Crippen LogP contribution in [0.2, 0.25) is 0 Å². The Morgan fingerprint density at radius 1 is 1.17 bits per heavy atom. The van der Waals surface area contributed by atoms with E-state index < -0.39 is 0 Å². The van der Waals surface area contributed by atoms with Crippen molar-refractivity contribution in [2.75, 3.05) is 33.4 Å². The summed E-state index contributed by atoms with van der Waals surface area (Å²) in [7, 11) is 1.76. The van der Waals surface area contributed by atoms with Gasteiger partial charge in [-0.25, -0.2) is 0 Å². The minimum Gasteiger partial charge on any atom is -0.457 e. The average Bonchev–Trinajstić information content (AvgIpc) is 3.20. The lowest BCUT2D eigenvalue weighted by molar-refractivity contribution is 0.127. The average molecular weight is 525 g/mol. The van der Waals surface area contributed by atoms with E-state index in [-0.39, 0.29) is 36.0 Å². The smallest absolute Gasteiger partial charge is 0.191 e. The molecule has 7 heteroatoms. The molecule has 0 radical (unpaired) electrons. The van der Waals surface area contributed by atoms with Crippen LogP contribution in [0.3, 0.4) is 0 Å². The van der Waals surface area contributed by atoms with Crippen molar-refractivity contribution in [1.29, 1.82) is 0 Å². The van der Waals surface area contributed by atoms with Gasteiger partial charge in [-0.15, -0.1) is 24.0 Å². The summed E-state index contributed by atoms with van der Waals surface area (Å²) in [5.41, 5.74) is 2.22. The van der Waals surface area contributed by atoms with Crippen molar-refractivity contribution in [2.24, 2.45) is 10.4 Å². The van der Waals surface area contributed by atoms with Gasteiger partial charge in [0.25, 0.3) is 0 Å². The van der Waals surface area contributed by atoms with Gasteiger partial charge in [0.15, 0.2) is 5.96 Å². The van der Waals surface area contributed by atoms with Crippen LogP contribution in [0.5, 0.6) is 11.5 Å². The van der Waals surface area contributed by atoms with E-state index in [1.807, 2.05) is 48.5 Å². The van der Waals surface area contributed by atoms with Crippen LogP contribution in [-0.4, -0.2) is 44.5 Å². The number of halogens is 1. The van der Waals surface area contributed by atoms with Crippen molar-refractivity contribution < 1.29 is 14.6 Å². The van der Waals surface area contributed by atoms with E-state index in [0.29, 0.717) is 13.2 Å². The van der Waals surface area contributed by atoms with Gasteiger partial charge in [-0.05, 0) is 38.0 Å². The number of ether oxygens (including phenoxy) is 2. The lowest BCUT2D eigenvalue weighted by atomic mass is 9.84. The Kier molecular flexibility index (Phi) is 9.87. The zero-order valence-electron chi connectivity index (χ0n) is 17.7. The van der Waals surface area contributed by atoms with Gasteiger partial charge in [-0.1, -0.05) is 35.9 Å². The summed E-state index contributed by atoms with van der Waals surface area (Å²) in [6.45, 7) is 4.95. The molecule has 2 aromatic rings. The summed E-state index contributed by atoms with van der Waals surface area (Å²) in [5.74, 6) is 2.36. The van der Waals surface area contributed by atoms with Crippen LogP contribution in [0, 0.1) is 12.3 Å². The Balaban J connectivity index is 0.00000320. The lowest BCUT2D eigenvalue weighted by Gasteiger charge is -2.27. The predicted octanol–water partition coefficient (Wildman–Crippen LogP) is 3.86. The van der Waals surface area contributed by atoms with Gasteiger partial charge in [-0.2, -0.15) is 0 Å². The van der Waals surface area contributed by atoms with E-state index in [4.69, 9.17) is 9.47 Å². The van der Waals surface area contributed by atoms with Crippen molar-refractivity contribution >= 4 is 29.9 Å². The van der Waals surface area contributed by atoms with Gasteiger partial charge in [0, 0.05) is 44.3 Å². The van der Waals surface area contributed by atoms with Gasteiger partial charge in [-0.3, -0.25) is 4.99 Å². The van der Waals surface area contributed by atoms with Crippen molar-refractivity contribution in [2.45, 2.75) is 26.3 Å². The van der Waals surface area contributed by atoms with Crippen LogP contribution in [0.4, 0.5) is 0 Å². The number of rotatable bonds is 8. The monoisotopic (exact) mass is 525 g/mol. The Labute approximate surface area is 196 Å². The molecule has 0 aromatic heterocycles. The molecule has 1 heterocycles. The highest BCUT2D eigenvalue weighted by Gasteiger charge is 2.34. The summed E-state index contributed by atoms with van der Waals surface area (Å²) < 4.78 is 11.6. The van der Waals surface area contributed by atoms with Crippen LogP contribution in [0.1, 0.15) is 24.0 Å². The number of nitrogens with one attached hydrogen (secondary N) is 2. The molecular weight excluding hydrogens is 493 g/mol. The van der Waals surface area contributed by atoms with Gasteiger partial charge in [0.05, 0.1) is 6.61 Å². The molecule has 1 saturated heterocycles. The maximum atomic E-state index is 9.39. The first kappa shape index (κ1) is 24.4. The SMILES string of the molecule is CN=C(NCc1ccccc1Oc1ccc(C)cc1)NCC1(CCO)CCOC1.I. The molecule has 30 heavy (non-hydrogen) atoms. The van der Waals surface area contributed by atoms with E-state index in [9.17, 15) is 5.11 Å². The molecule has 0 aliphatic carbocycles. The number of guanidine groups is 1. The Morgan fingerprint density at radius 3 is 2.60 bits per heavy atom. The minimum absolute atomic E-state index is 0. The highest BCUT2D eigenvalue weighted by Crippen LogP contribution is 2.31. The number of hydrogen-bond donors (Lipinski definition) is 3. The lowest BCUT2D eigenvalue weighted by Crippen LogP contribution is -2.44. The van der Waals surface area contributed by atoms with Crippen LogP contribution >= 0.6 is 24.0 Å². The molecule has 1 atom stereocenters. The first-order chi connectivity index (χ1) is 14.1. The zero-order chi connectivity index (χ0) is 20.5. The molecule has 0 bridgehead atoms. The van der Waals surface area contributed by atoms with E-state index >= 15 is 0 Å². The number of aliphatic hydroxyl groups is 1. The van der Waals surface area contributed by atoms with Gasteiger partial charge in [0.1, 0.15) is 11.5 Å². The Hall–Kier alpha value is -1.84.